The summed E-state index contributed by atoms with van der Waals surface area (Å²) in [4.78, 5) is 2.44. The lowest BCUT2D eigenvalue weighted by Gasteiger charge is -2.30. The van der Waals surface area contributed by atoms with Crippen LogP contribution >= 0.6 is 0 Å². The number of hydrogen-bond donors (Lipinski definition) is 1. The first-order chi connectivity index (χ1) is 7.52. The molecule has 16 heavy (non-hydrogen) atoms. The van der Waals surface area contributed by atoms with E-state index in [-0.39, 0.29) is 12.1 Å². The molecular formula is C12H21N3O. The minimum absolute atomic E-state index is 0.194. The molecule has 0 aromatic carbocycles. The van der Waals surface area contributed by atoms with Gasteiger partial charge in [-0.2, -0.15) is 0 Å². The van der Waals surface area contributed by atoms with Gasteiger partial charge >= 0.3 is 0 Å². The fourth-order valence-electron chi connectivity index (χ4n) is 2.71. The van der Waals surface area contributed by atoms with Crippen molar-refractivity contribution in [3.8, 4) is 0 Å². The van der Waals surface area contributed by atoms with Crippen LogP contribution < -0.4 is 5.73 Å². The topological polar surface area (TPSA) is 55.3 Å². The molecule has 4 heteroatoms. The predicted molar refractivity (Wildman–Crippen MR) is 63.2 cm³/mol. The molecule has 0 aliphatic carbocycles. The van der Waals surface area contributed by atoms with Crippen molar-refractivity contribution in [1.29, 1.82) is 0 Å². The number of nitrogens with zero attached hydrogens (tertiary/aromatic N) is 2. The molecule has 0 amide bonds. The first-order valence-corrected chi connectivity index (χ1v) is 5.96. The normalized spacial score (nSPS) is 26.9. The second-order valence-electron chi connectivity index (χ2n) is 4.97. The number of likely N-dealkylation sites (tertiary alicyclic amines) is 1. The van der Waals surface area contributed by atoms with E-state index in [0.29, 0.717) is 6.04 Å². The van der Waals surface area contributed by atoms with Crippen molar-refractivity contribution in [3.05, 3.63) is 17.0 Å². The van der Waals surface area contributed by atoms with E-state index in [4.69, 9.17) is 10.3 Å². The fraction of sp³-hybridized carbons (Fsp3) is 0.750. The Bertz CT molecular complexity index is 353. The van der Waals surface area contributed by atoms with Gasteiger partial charge in [-0.15, -0.1) is 0 Å². The number of rotatable bonds is 2. The molecule has 2 heterocycles. The van der Waals surface area contributed by atoms with Gasteiger partial charge in [0.2, 0.25) is 0 Å². The zero-order valence-electron chi connectivity index (χ0n) is 10.5. The van der Waals surface area contributed by atoms with Crippen molar-refractivity contribution in [2.45, 2.75) is 52.2 Å². The molecule has 2 atom stereocenters. The Balaban J connectivity index is 2.37. The third-order valence-electron chi connectivity index (χ3n) is 3.53. The third kappa shape index (κ3) is 1.76. The van der Waals surface area contributed by atoms with Gasteiger partial charge in [-0.3, -0.25) is 4.90 Å². The van der Waals surface area contributed by atoms with Gasteiger partial charge < -0.3 is 10.3 Å². The highest BCUT2D eigenvalue weighted by Crippen LogP contribution is 2.35. The Labute approximate surface area is 96.8 Å². The molecule has 1 fully saturated rings. The summed E-state index contributed by atoms with van der Waals surface area (Å²) >= 11 is 0. The standard InChI is InChI=1S/C12H21N3O/c1-7(2)15-6-5-10(13)12(15)11-8(3)14-16-9(11)4/h7,10,12H,5-6,13H2,1-4H3. The summed E-state index contributed by atoms with van der Waals surface area (Å²) in [7, 11) is 0. The van der Waals surface area contributed by atoms with E-state index in [9.17, 15) is 0 Å². The molecule has 0 bridgehead atoms. The van der Waals surface area contributed by atoms with Gasteiger partial charge in [-0.25, -0.2) is 0 Å². The molecule has 90 valence electrons. The van der Waals surface area contributed by atoms with E-state index in [1.54, 1.807) is 0 Å². The molecular weight excluding hydrogens is 202 g/mol. The highest BCUT2D eigenvalue weighted by Gasteiger charge is 2.37. The quantitative estimate of drug-likeness (QED) is 0.830. The van der Waals surface area contributed by atoms with Crippen LogP contribution in [-0.4, -0.2) is 28.7 Å². The molecule has 2 unspecified atom stereocenters. The maximum absolute atomic E-state index is 6.23. The van der Waals surface area contributed by atoms with Crippen molar-refractivity contribution in [2.24, 2.45) is 5.73 Å². The van der Waals surface area contributed by atoms with Crippen LogP contribution in [0, 0.1) is 13.8 Å². The molecule has 1 aliphatic heterocycles. The van der Waals surface area contributed by atoms with Crippen LogP contribution in [0.3, 0.4) is 0 Å². The smallest absolute Gasteiger partial charge is 0.138 e. The van der Waals surface area contributed by atoms with Crippen LogP contribution in [-0.2, 0) is 0 Å². The van der Waals surface area contributed by atoms with Crippen LogP contribution in [0.2, 0.25) is 0 Å². The Kier molecular flexibility index (Phi) is 3.04. The van der Waals surface area contributed by atoms with E-state index in [1.165, 1.54) is 5.56 Å². The Morgan fingerprint density at radius 3 is 2.62 bits per heavy atom. The fourth-order valence-corrected chi connectivity index (χ4v) is 2.71. The maximum atomic E-state index is 6.23. The Hall–Kier alpha value is -0.870. The Morgan fingerprint density at radius 2 is 2.12 bits per heavy atom. The van der Waals surface area contributed by atoms with E-state index < -0.39 is 0 Å². The minimum Gasteiger partial charge on any atom is -0.361 e. The van der Waals surface area contributed by atoms with Crippen LogP contribution in [0.4, 0.5) is 0 Å². The van der Waals surface area contributed by atoms with Crippen LogP contribution in [0.15, 0.2) is 4.52 Å². The van der Waals surface area contributed by atoms with Crippen LogP contribution in [0.1, 0.15) is 43.3 Å². The lowest BCUT2D eigenvalue weighted by molar-refractivity contribution is 0.196. The minimum atomic E-state index is 0.194. The van der Waals surface area contributed by atoms with Crippen LogP contribution in [0.5, 0.6) is 0 Å². The lowest BCUT2D eigenvalue weighted by atomic mass is 9.98. The lowest BCUT2D eigenvalue weighted by Crippen LogP contribution is -2.36. The molecule has 0 saturated carbocycles. The molecule has 0 radical (unpaired) electrons. The SMILES string of the molecule is Cc1noc(C)c1C1C(N)CCN1C(C)C. The highest BCUT2D eigenvalue weighted by molar-refractivity contribution is 5.28. The summed E-state index contributed by atoms with van der Waals surface area (Å²) in [6.07, 6.45) is 1.05. The monoisotopic (exact) mass is 223 g/mol. The van der Waals surface area contributed by atoms with E-state index in [2.05, 4.69) is 23.9 Å². The first kappa shape index (κ1) is 11.6. The van der Waals surface area contributed by atoms with Gasteiger partial charge in [-0.1, -0.05) is 5.16 Å². The summed E-state index contributed by atoms with van der Waals surface area (Å²) in [6, 6.07) is 0.970. The van der Waals surface area contributed by atoms with Crippen molar-refractivity contribution < 1.29 is 4.52 Å². The molecule has 1 aliphatic rings. The largest absolute Gasteiger partial charge is 0.361 e. The van der Waals surface area contributed by atoms with Crippen molar-refractivity contribution in [1.82, 2.24) is 10.1 Å². The molecule has 1 saturated heterocycles. The van der Waals surface area contributed by atoms with Crippen LogP contribution in [0.25, 0.3) is 0 Å². The Morgan fingerprint density at radius 1 is 1.44 bits per heavy atom. The van der Waals surface area contributed by atoms with Crippen molar-refractivity contribution in [2.75, 3.05) is 6.54 Å². The van der Waals surface area contributed by atoms with Gasteiger partial charge in [0, 0.05) is 24.2 Å². The maximum Gasteiger partial charge on any atom is 0.138 e. The zero-order chi connectivity index (χ0) is 11.9. The average Bonchev–Trinajstić information content (AvgIpc) is 2.71. The second-order valence-corrected chi connectivity index (χ2v) is 4.97. The number of aromatic nitrogens is 1. The number of nitrogens with two attached hydrogens (primary N) is 1. The number of hydrogen-bond acceptors (Lipinski definition) is 4. The number of aryl methyl sites for hydroxylation is 2. The van der Waals surface area contributed by atoms with E-state index >= 15 is 0 Å². The predicted octanol–water partition coefficient (Wildman–Crippen LogP) is 1.77. The highest BCUT2D eigenvalue weighted by atomic mass is 16.5. The molecule has 2 N–H and O–H groups in total. The summed E-state index contributed by atoms with van der Waals surface area (Å²) in [5.74, 6) is 0.908. The molecule has 1 aromatic rings. The van der Waals surface area contributed by atoms with Crippen molar-refractivity contribution in [3.63, 3.8) is 0 Å². The third-order valence-corrected chi connectivity index (χ3v) is 3.53. The van der Waals surface area contributed by atoms with Gasteiger partial charge in [0.1, 0.15) is 5.76 Å². The van der Waals surface area contributed by atoms with Gasteiger partial charge in [0.15, 0.2) is 0 Å². The molecule has 0 spiro atoms. The summed E-state index contributed by atoms with van der Waals surface area (Å²) in [5, 5.41) is 4.03. The molecule has 4 nitrogen and oxygen atoms in total. The average molecular weight is 223 g/mol. The molecule has 2 rings (SSSR count). The van der Waals surface area contributed by atoms with E-state index in [0.717, 1.165) is 24.4 Å². The summed E-state index contributed by atoms with van der Waals surface area (Å²) in [5.41, 5.74) is 8.40. The molecule has 1 aromatic heterocycles. The van der Waals surface area contributed by atoms with Gasteiger partial charge in [0.25, 0.3) is 0 Å². The zero-order valence-corrected chi connectivity index (χ0v) is 10.5. The summed E-state index contributed by atoms with van der Waals surface area (Å²) in [6.45, 7) is 9.45. The van der Waals surface area contributed by atoms with Crippen molar-refractivity contribution >= 4 is 0 Å². The summed E-state index contributed by atoms with van der Waals surface area (Å²) < 4.78 is 5.25. The van der Waals surface area contributed by atoms with Gasteiger partial charge in [0.05, 0.1) is 11.7 Å². The van der Waals surface area contributed by atoms with Gasteiger partial charge in [-0.05, 0) is 34.1 Å². The van der Waals surface area contributed by atoms with E-state index in [1.807, 2.05) is 13.8 Å². The first-order valence-electron chi connectivity index (χ1n) is 5.96. The second kappa shape index (κ2) is 4.18.